The molecule has 0 atom stereocenters. The Morgan fingerprint density at radius 3 is 2.90 bits per heavy atom. The molecular formula is C14H10N4O2. The summed E-state index contributed by atoms with van der Waals surface area (Å²) in [7, 11) is 0. The normalized spacial score (nSPS) is 10.3. The molecule has 0 saturated heterocycles. The third kappa shape index (κ3) is 2.12. The molecule has 0 saturated carbocycles. The molecule has 98 valence electrons. The third-order valence-electron chi connectivity index (χ3n) is 2.74. The number of hydrogen-bond donors (Lipinski definition) is 2. The van der Waals surface area contributed by atoms with E-state index in [1.165, 1.54) is 6.07 Å². The van der Waals surface area contributed by atoms with Gasteiger partial charge in [-0.1, -0.05) is 5.92 Å². The number of H-pyrrole nitrogens is 1. The highest BCUT2D eigenvalue weighted by Crippen LogP contribution is 2.31. The Hall–Kier alpha value is -3.07. The van der Waals surface area contributed by atoms with Gasteiger partial charge in [-0.25, -0.2) is 4.98 Å². The fourth-order valence-electron chi connectivity index (χ4n) is 1.83. The molecule has 2 N–H and O–H groups in total. The highest BCUT2D eigenvalue weighted by atomic mass is 16.5. The number of phenolic OH excluding ortho intramolecular Hbond substituents is 1. The summed E-state index contributed by atoms with van der Waals surface area (Å²) in [4.78, 5) is 7.41. The van der Waals surface area contributed by atoms with Gasteiger partial charge in [-0.15, -0.1) is 6.42 Å². The number of aromatic nitrogens is 4. The van der Waals surface area contributed by atoms with Crippen LogP contribution in [0.4, 0.5) is 0 Å². The van der Waals surface area contributed by atoms with E-state index >= 15 is 0 Å². The number of phenols is 1. The number of aromatic hydroxyl groups is 1. The summed E-state index contributed by atoms with van der Waals surface area (Å²) in [5.41, 5.74) is 2.00. The molecule has 0 unspecified atom stereocenters. The van der Waals surface area contributed by atoms with E-state index in [1.54, 1.807) is 24.5 Å². The zero-order valence-electron chi connectivity index (χ0n) is 10.4. The predicted molar refractivity (Wildman–Crippen MR) is 73.1 cm³/mol. The fourth-order valence-corrected chi connectivity index (χ4v) is 1.83. The van der Waals surface area contributed by atoms with Crippen molar-refractivity contribution in [1.82, 2.24) is 20.2 Å². The number of hydrogen-bond acceptors (Lipinski definition) is 5. The van der Waals surface area contributed by atoms with E-state index in [4.69, 9.17) is 11.2 Å². The smallest absolute Gasteiger partial charge is 0.148 e. The molecule has 3 rings (SSSR count). The van der Waals surface area contributed by atoms with Gasteiger partial charge >= 0.3 is 0 Å². The standard InChI is InChI=1S/C14H10N4O2/c1-2-5-20-9-3-4-10(13(19)6-9)14-17-11-7-15-16-8-12(11)18-14/h1,3-4,6-8,19H,5H2,(H,17,18). The minimum atomic E-state index is 0.0551. The van der Waals surface area contributed by atoms with Gasteiger partial charge in [0, 0.05) is 6.07 Å². The highest BCUT2D eigenvalue weighted by molar-refractivity contribution is 5.79. The van der Waals surface area contributed by atoms with Crippen LogP contribution in [-0.4, -0.2) is 31.9 Å². The molecule has 0 bridgehead atoms. The second kappa shape index (κ2) is 4.90. The average molecular weight is 266 g/mol. The summed E-state index contributed by atoms with van der Waals surface area (Å²) < 4.78 is 5.24. The molecule has 20 heavy (non-hydrogen) atoms. The number of aromatic amines is 1. The quantitative estimate of drug-likeness (QED) is 0.705. The maximum absolute atomic E-state index is 10.0. The molecule has 0 spiro atoms. The summed E-state index contributed by atoms with van der Waals surface area (Å²) >= 11 is 0. The van der Waals surface area contributed by atoms with Crippen LogP contribution in [0.5, 0.6) is 11.5 Å². The lowest BCUT2D eigenvalue weighted by Gasteiger charge is -2.05. The van der Waals surface area contributed by atoms with E-state index in [9.17, 15) is 5.11 Å². The van der Waals surface area contributed by atoms with Crippen LogP contribution in [0.3, 0.4) is 0 Å². The van der Waals surface area contributed by atoms with Gasteiger partial charge in [0.05, 0.1) is 23.5 Å². The first kappa shape index (κ1) is 12.0. The maximum Gasteiger partial charge on any atom is 0.148 e. The summed E-state index contributed by atoms with van der Waals surface area (Å²) in [6.45, 7) is 0.154. The predicted octanol–water partition coefficient (Wildman–Crippen LogP) is 1.74. The number of ether oxygens (including phenoxy) is 1. The van der Waals surface area contributed by atoms with Gasteiger partial charge in [0.15, 0.2) is 0 Å². The first-order valence-electron chi connectivity index (χ1n) is 5.84. The molecule has 0 aliphatic rings. The van der Waals surface area contributed by atoms with Crippen molar-refractivity contribution >= 4 is 11.0 Å². The minimum absolute atomic E-state index is 0.0551. The lowest BCUT2D eigenvalue weighted by molar-refractivity contribution is 0.367. The Morgan fingerprint density at radius 2 is 2.15 bits per heavy atom. The summed E-state index contributed by atoms with van der Waals surface area (Å²) in [5.74, 6) is 3.46. The first-order chi connectivity index (χ1) is 9.78. The number of nitrogens with one attached hydrogen (secondary N) is 1. The number of nitrogens with zero attached hydrogens (tertiary/aromatic N) is 3. The zero-order chi connectivity index (χ0) is 13.9. The average Bonchev–Trinajstić information content (AvgIpc) is 2.88. The molecule has 0 radical (unpaired) electrons. The van der Waals surface area contributed by atoms with Gasteiger partial charge in [0.2, 0.25) is 0 Å². The van der Waals surface area contributed by atoms with Gasteiger partial charge < -0.3 is 14.8 Å². The lowest BCUT2D eigenvalue weighted by atomic mass is 10.2. The van der Waals surface area contributed by atoms with Crippen molar-refractivity contribution in [3.63, 3.8) is 0 Å². The Balaban J connectivity index is 1.99. The fraction of sp³-hybridized carbons (Fsp3) is 0.0714. The molecule has 0 amide bonds. The maximum atomic E-state index is 10.0. The third-order valence-corrected chi connectivity index (χ3v) is 2.74. The summed E-state index contributed by atoms with van der Waals surface area (Å²) in [6.07, 6.45) is 8.24. The molecule has 2 aromatic heterocycles. The van der Waals surface area contributed by atoms with Gasteiger partial charge in [-0.2, -0.15) is 10.2 Å². The van der Waals surface area contributed by atoms with Crippen LogP contribution in [0.2, 0.25) is 0 Å². The van der Waals surface area contributed by atoms with Gasteiger partial charge in [0.25, 0.3) is 0 Å². The van der Waals surface area contributed by atoms with E-state index < -0.39 is 0 Å². The molecule has 0 aliphatic heterocycles. The Bertz CT molecular complexity index is 771. The van der Waals surface area contributed by atoms with Crippen LogP contribution >= 0.6 is 0 Å². The van der Waals surface area contributed by atoms with Gasteiger partial charge in [0.1, 0.15) is 29.4 Å². The minimum Gasteiger partial charge on any atom is -0.507 e. The van der Waals surface area contributed by atoms with Crippen LogP contribution in [0.25, 0.3) is 22.4 Å². The van der Waals surface area contributed by atoms with E-state index in [1.807, 2.05) is 0 Å². The first-order valence-corrected chi connectivity index (χ1v) is 5.84. The molecule has 3 aromatic rings. The molecule has 0 fully saturated rings. The van der Waals surface area contributed by atoms with Crippen LogP contribution < -0.4 is 4.74 Å². The molecule has 6 heteroatoms. The van der Waals surface area contributed by atoms with E-state index in [0.717, 1.165) is 5.52 Å². The molecule has 6 nitrogen and oxygen atoms in total. The Labute approximate surface area is 114 Å². The second-order valence-corrected chi connectivity index (χ2v) is 4.05. The number of imidazole rings is 1. The summed E-state index contributed by atoms with van der Waals surface area (Å²) in [5, 5.41) is 17.6. The van der Waals surface area contributed by atoms with E-state index in [2.05, 4.69) is 26.1 Å². The Morgan fingerprint density at radius 1 is 1.30 bits per heavy atom. The monoisotopic (exact) mass is 266 g/mol. The Kier molecular flexibility index (Phi) is 2.94. The van der Waals surface area contributed by atoms with Gasteiger partial charge in [-0.3, -0.25) is 0 Å². The van der Waals surface area contributed by atoms with Crippen LogP contribution in [-0.2, 0) is 0 Å². The number of rotatable bonds is 3. The number of fused-ring (bicyclic) bond motifs is 1. The topological polar surface area (TPSA) is 83.9 Å². The van der Waals surface area contributed by atoms with Crippen LogP contribution in [0.15, 0.2) is 30.6 Å². The van der Waals surface area contributed by atoms with Crippen molar-refractivity contribution in [3.05, 3.63) is 30.6 Å². The van der Waals surface area contributed by atoms with E-state index in [-0.39, 0.29) is 12.4 Å². The van der Waals surface area contributed by atoms with Crippen molar-refractivity contribution < 1.29 is 9.84 Å². The number of terminal acetylenes is 1. The molecule has 2 heterocycles. The molecule has 0 aliphatic carbocycles. The molecular weight excluding hydrogens is 256 g/mol. The highest BCUT2D eigenvalue weighted by Gasteiger charge is 2.10. The van der Waals surface area contributed by atoms with Crippen LogP contribution in [0.1, 0.15) is 0 Å². The summed E-state index contributed by atoms with van der Waals surface area (Å²) in [6, 6.07) is 4.92. The SMILES string of the molecule is C#CCOc1ccc(-c2nc3cnncc3[nH]2)c(O)c1. The van der Waals surface area contributed by atoms with Crippen LogP contribution in [0, 0.1) is 12.3 Å². The van der Waals surface area contributed by atoms with Crippen molar-refractivity contribution in [2.24, 2.45) is 0 Å². The van der Waals surface area contributed by atoms with Crippen molar-refractivity contribution in [1.29, 1.82) is 0 Å². The van der Waals surface area contributed by atoms with Gasteiger partial charge in [-0.05, 0) is 12.1 Å². The lowest BCUT2D eigenvalue weighted by Crippen LogP contribution is -1.93. The number of benzene rings is 1. The zero-order valence-corrected chi connectivity index (χ0v) is 10.4. The van der Waals surface area contributed by atoms with Crippen molar-refractivity contribution in [2.45, 2.75) is 0 Å². The van der Waals surface area contributed by atoms with E-state index in [0.29, 0.717) is 22.7 Å². The van der Waals surface area contributed by atoms with Crippen molar-refractivity contribution in [3.8, 4) is 35.2 Å². The largest absolute Gasteiger partial charge is 0.507 e. The van der Waals surface area contributed by atoms with Crippen molar-refractivity contribution in [2.75, 3.05) is 6.61 Å². The molecule has 1 aromatic carbocycles. The second-order valence-electron chi connectivity index (χ2n) is 4.05.